The van der Waals surface area contributed by atoms with E-state index in [-0.39, 0.29) is 5.84 Å². The van der Waals surface area contributed by atoms with Crippen LogP contribution in [0.25, 0.3) is 0 Å². The smallest absolute Gasteiger partial charge is 0.170 e. The Morgan fingerprint density at radius 3 is 2.84 bits per heavy atom. The van der Waals surface area contributed by atoms with Gasteiger partial charge in [-0.1, -0.05) is 35.8 Å². The Hall–Kier alpha value is -1.20. The van der Waals surface area contributed by atoms with E-state index < -0.39 is 0 Å². The monoisotopic (exact) mass is 281 g/mol. The predicted molar refractivity (Wildman–Crippen MR) is 82.9 cm³/mol. The molecule has 19 heavy (non-hydrogen) atoms. The molecular formula is C14H23N3OS. The first-order valence-corrected chi connectivity index (χ1v) is 7.94. The summed E-state index contributed by atoms with van der Waals surface area (Å²) in [6.07, 6.45) is 5.87. The maximum absolute atomic E-state index is 8.75. The summed E-state index contributed by atoms with van der Waals surface area (Å²) in [6, 6.07) is 7.71. The molecule has 0 unspecified atom stereocenters. The zero-order chi connectivity index (χ0) is 13.9. The van der Waals surface area contributed by atoms with Crippen molar-refractivity contribution in [3.63, 3.8) is 0 Å². The summed E-state index contributed by atoms with van der Waals surface area (Å²) in [4.78, 5) is 0. The van der Waals surface area contributed by atoms with E-state index in [1.807, 2.05) is 36.0 Å². The van der Waals surface area contributed by atoms with Crippen LogP contribution in [0, 0.1) is 0 Å². The van der Waals surface area contributed by atoms with E-state index in [1.165, 1.54) is 25.0 Å². The Bertz CT molecular complexity index is 396. The van der Waals surface area contributed by atoms with Gasteiger partial charge in [-0.15, -0.1) is 0 Å². The number of hydrogen-bond donors (Lipinski definition) is 3. The van der Waals surface area contributed by atoms with Crippen molar-refractivity contribution >= 4 is 17.6 Å². The van der Waals surface area contributed by atoms with E-state index in [0.29, 0.717) is 0 Å². The number of thioether (sulfide) groups is 1. The zero-order valence-electron chi connectivity index (χ0n) is 11.4. The molecule has 0 aliphatic carbocycles. The highest BCUT2D eigenvalue weighted by molar-refractivity contribution is 7.98. The molecule has 1 rings (SSSR count). The number of nitrogens with two attached hydrogens (primary N) is 1. The number of amidine groups is 1. The van der Waals surface area contributed by atoms with Crippen molar-refractivity contribution in [2.75, 3.05) is 18.6 Å². The van der Waals surface area contributed by atoms with Gasteiger partial charge >= 0.3 is 0 Å². The number of hydrogen-bond acceptors (Lipinski definition) is 4. The van der Waals surface area contributed by atoms with E-state index >= 15 is 0 Å². The molecule has 0 fully saturated rings. The molecule has 0 bridgehead atoms. The molecule has 0 atom stereocenters. The van der Waals surface area contributed by atoms with Crippen molar-refractivity contribution in [2.45, 2.75) is 25.8 Å². The first kappa shape index (κ1) is 15.9. The Labute approximate surface area is 119 Å². The van der Waals surface area contributed by atoms with Gasteiger partial charge in [0.05, 0.1) is 0 Å². The largest absolute Gasteiger partial charge is 0.409 e. The van der Waals surface area contributed by atoms with Crippen LogP contribution < -0.4 is 11.1 Å². The SMILES string of the molecule is CSCCCCCNCc1ccccc1/C(N)=N/O. The number of oxime groups is 1. The van der Waals surface area contributed by atoms with E-state index in [9.17, 15) is 0 Å². The number of nitrogens with zero attached hydrogens (tertiary/aromatic N) is 1. The Morgan fingerprint density at radius 1 is 1.32 bits per heavy atom. The fourth-order valence-electron chi connectivity index (χ4n) is 1.87. The topological polar surface area (TPSA) is 70.6 Å². The van der Waals surface area contributed by atoms with Crippen molar-refractivity contribution in [3.05, 3.63) is 35.4 Å². The van der Waals surface area contributed by atoms with Gasteiger partial charge in [0.15, 0.2) is 5.84 Å². The Kier molecular flexibility index (Phi) is 8.09. The van der Waals surface area contributed by atoms with Gasteiger partial charge in [0, 0.05) is 12.1 Å². The molecule has 106 valence electrons. The number of nitrogens with one attached hydrogen (secondary N) is 1. The lowest BCUT2D eigenvalue weighted by molar-refractivity contribution is 0.318. The molecular weight excluding hydrogens is 258 g/mol. The molecule has 0 saturated carbocycles. The van der Waals surface area contributed by atoms with Crippen molar-refractivity contribution in [1.82, 2.24) is 5.32 Å². The molecule has 0 aliphatic heterocycles. The number of rotatable bonds is 9. The lowest BCUT2D eigenvalue weighted by atomic mass is 10.1. The first-order chi connectivity index (χ1) is 9.29. The zero-order valence-corrected chi connectivity index (χ0v) is 12.2. The predicted octanol–water partition coefficient (Wildman–Crippen LogP) is 2.40. The molecule has 0 radical (unpaired) electrons. The summed E-state index contributed by atoms with van der Waals surface area (Å²) in [5.74, 6) is 1.41. The maximum atomic E-state index is 8.75. The van der Waals surface area contributed by atoms with E-state index in [1.54, 1.807) is 0 Å². The highest BCUT2D eigenvalue weighted by atomic mass is 32.2. The van der Waals surface area contributed by atoms with E-state index in [4.69, 9.17) is 10.9 Å². The second-order valence-electron chi connectivity index (χ2n) is 4.37. The van der Waals surface area contributed by atoms with Crippen molar-refractivity contribution in [2.24, 2.45) is 10.9 Å². The van der Waals surface area contributed by atoms with Gasteiger partial charge in [0.2, 0.25) is 0 Å². The van der Waals surface area contributed by atoms with Crippen LogP contribution in [0.1, 0.15) is 30.4 Å². The third-order valence-electron chi connectivity index (χ3n) is 2.92. The number of benzene rings is 1. The van der Waals surface area contributed by atoms with Crippen LogP contribution in [-0.4, -0.2) is 29.6 Å². The molecule has 1 aromatic carbocycles. The molecule has 0 aromatic heterocycles. The van der Waals surface area contributed by atoms with Crippen LogP contribution in [-0.2, 0) is 6.54 Å². The van der Waals surface area contributed by atoms with Gasteiger partial charge in [-0.05, 0) is 37.0 Å². The van der Waals surface area contributed by atoms with Crippen LogP contribution in [0.2, 0.25) is 0 Å². The average Bonchev–Trinajstić information content (AvgIpc) is 2.46. The minimum atomic E-state index is 0.164. The van der Waals surface area contributed by atoms with Gasteiger partial charge in [-0.3, -0.25) is 0 Å². The van der Waals surface area contributed by atoms with Gasteiger partial charge in [-0.2, -0.15) is 11.8 Å². The highest BCUT2D eigenvalue weighted by Crippen LogP contribution is 2.08. The molecule has 0 amide bonds. The summed E-state index contributed by atoms with van der Waals surface area (Å²) < 4.78 is 0. The summed E-state index contributed by atoms with van der Waals surface area (Å²) in [5, 5.41) is 15.2. The van der Waals surface area contributed by atoms with Gasteiger partial charge in [0.1, 0.15) is 0 Å². The quantitative estimate of drug-likeness (QED) is 0.214. The van der Waals surface area contributed by atoms with Gasteiger partial charge in [-0.25, -0.2) is 0 Å². The fraction of sp³-hybridized carbons (Fsp3) is 0.500. The third kappa shape index (κ3) is 5.98. The van der Waals surface area contributed by atoms with Crippen LogP contribution in [0.3, 0.4) is 0 Å². The van der Waals surface area contributed by atoms with Crippen molar-refractivity contribution in [1.29, 1.82) is 0 Å². The summed E-state index contributed by atoms with van der Waals surface area (Å²) >= 11 is 1.90. The highest BCUT2D eigenvalue weighted by Gasteiger charge is 2.05. The second kappa shape index (κ2) is 9.69. The Balaban J connectivity index is 2.33. The molecule has 0 aliphatic rings. The minimum absolute atomic E-state index is 0.164. The van der Waals surface area contributed by atoms with Gasteiger partial charge in [0.25, 0.3) is 0 Å². The normalized spacial score (nSPS) is 11.7. The lowest BCUT2D eigenvalue weighted by Crippen LogP contribution is -2.20. The average molecular weight is 281 g/mol. The maximum Gasteiger partial charge on any atom is 0.170 e. The van der Waals surface area contributed by atoms with Crippen LogP contribution >= 0.6 is 11.8 Å². The van der Waals surface area contributed by atoms with E-state index in [2.05, 4.69) is 16.7 Å². The van der Waals surface area contributed by atoms with Crippen LogP contribution in [0.4, 0.5) is 0 Å². The first-order valence-electron chi connectivity index (χ1n) is 6.55. The second-order valence-corrected chi connectivity index (χ2v) is 5.36. The number of unbranched alkanes of at least 4 members (excludes halogenated alkanes) is 2. The molecule has 4 nitrogen and oxygen atoms in total. The van der Waals surface area contributed by atoms with Gasteiger partial charge < -0.3 is 16.3 Å². The molecule has 1 aromatic rings. The van der Waals surface area contributed by atoms with Crippen LogP contribution in [0.5, 0.6) is 0 Å². The lowest BCUT2D eigenvalue weighted by Gasteiger charge is -2.09. The van der Waals surface area contributed by atoms with Crippen LogP contribution in [0.15, 0.2) is 29.4 Å². The summed E-state index contributed by atoms with van der Waals surface area (Å²) in [7, 11) is 0. The van der Waals surface area contributed by atoms with Crippen molar-refractivity contribution in [3.8, 4) is 0 Å². The molecule has 0 saturated heterocycles. The minimum Gasteiger partial charge on any atom is -0.409 e. The molecule has 0 spiro atoms. The molecule has 4 N–H and O–H groups in total. The molecule has 0 heterocycles. The standard InChI is InChI=1S/C14H23N3OS/c1-19-10-6-2-5-9-16-11-12-7-3-4-8-13(12)14(15)17-18/h3-4,7-8,16,18H,2,5-6,9-11H2,1H3,(H2,15,17). The van der Waals surface area contributed by atoms with E-state index in [0.717, 1.165) is 24.2 Å². The summed E-state index contributed by atoms with van der Waals surface area (Å²) in [5.41, 5.74) is 7.50. The fourth-order valence-corrected chi connectivity index (χ4v) is 2.37. The Morgan fingerprint density at radius 2 is 2.11 bits per heavy atom. The molecule has 5 heteroatoms. The van der Waals surface area contributed by atoms with Crippen molar-refractivity contribution < 1.29 is 5.21 Å². The third-order valence-corrected chi connectivity index (χ3v) is 3.62. The summed E-state index contributed by atoms with van der Waals surface area (Å²) in [6.45, 7) is 1.74.